The molecule has 3 N–H and O–H groups in total. The van der Waals surface area contributed by atoms with Crippen molar-refractivity contribution in [3.05, 3.63) is 58.1 Å². The van der Waals surface area contributed by atoms with Crippen molar-refractivity contribution >= 4 is 50.8 Å². The summed E-state index contributed by atoms with van der Waals surface area (Å²) in [6.45, 7) is 2.42. The van der Waals surface area contributed by atoms with Gasteiger partial charge >= 0.3 is 0 Å². The van der Waals surface area contributed by atoms with Crippen LogP contribution in [0.2, 0.25) is 0 Å². The summed E-state index contributed by atoms with van der Waals surface area (Å²) in [7, 11) is 1.49. The molecule has 6 nitrogen and oxygen atoms in total. The highest BCUT2D eigenvalue weighted by Crippen LogP contribution is 2.22. The lowest BCUT2D eigenvalue weighted by molar-refractivity contribution is 0.0952. The molecule has 136 valence electrons. The van der Waals surface area contributed by atoms with Crippen LogP contribution in [0.1, 0.15) is 27.6 Å². The maximum atomic E-state index is 12.4. The number of thiocarbonyl (C=S) groups is 1. The topological polar surface area (TPSA) is 79.5 Å². The molecule has 0 aliphatic carbocycles. The van der Waals surface area contributed by atoms with Gasteiger partial charge in [-0.25, -0.2) is 0 Å². The van der Waals surface area contributed by atoms with Gasteiger partial charge < -0.3 is 15.4 Å². The number of methoxy groups -OCH3 is 1. The SMILES string of the molecule is CCNC(=O)c1ccc(NC(=S)NC(=O)c2cc(Br)ccc2OC)cc1. The molecule has 2 aromatic carbocycles. The molecule has 0 saturated heterocycles. The van der Waals surface area contributed by atoms with E-state index in [1.165, 1.54) is 7.11 Å². The average Bonchev–Trinajstić information content (AvgIpc) is 2.62. The molecule has 2 rings (SSSR count). The van der Waals surface area contributed by atoms with E-state index in [0.717, 1.165) is 4.47 Å². The smallest absolute Gasteiger partial charge is 0.261 e. The lowest BCUT2D eigenvalue weighted by Gasteiger charge is -2.12. The molecule has 2 aromatic rings. The number of halogens is 1. The molecular formula is C18H18BrN3O3S. The predicted octanol–water partition coefficient (Wildman–Crippen LogP) is 3.33. The molecule has 0 unspecified atom stereocenters. The Morgan fingerprint density at radius 2 is 1.81 bits per heavy atom. The van der Waals surface area contributed by atoms with Crippen LogP contribution < -0.4 is 20.7 Å². The van der Waals surface area contributed by atoms with Gasteiger partial charge in [0.05, 0.1) is 12.7 Å². The Bertz CT molecular complexity index is 825. The van der Waals surface area contributed by atoms with Gasteiger partial charge in [-0.2, -0.15) is 0 Å². The van der Waals surface area contributed by atoms with Gasteiger partial charge in [0.15, 0.2) is 5.11 Å². The second-order valence-corrected chi connectivity index (χ2v) is 6.51. The first-order chi connectivity index (χ1) is 12.4. The molecule has 0 atom stereocenters. The monoisotopic (exact) mass is 435 g/mol. The van der Waals surface area contributed by atoms with Gasteiger partial charge in [-0.3, -0.25) is 14.9 Å². The Balaban J connectivity index is 2.01. The zero-order valence-corrected chi connectivity index (χ0v) is 16.7. The van der Waals surface area contributed by atoms with E-state index in [0.29, 0.717) is 29.1 Å². The number of carbonyl (C=O) groups is 2. The fraction of sp³-hybridized carbons (Fsp3) is 0.167. The third-order valence-electron chi connectivity index (χ3n) is 3.38. The Morgan fingerprint density at radius 3 is 2.42 bits per heavy atom. The number of anilines is 1. The summed E-state index contributed by atoms with van der Waals surface area (Å²) in [5.41, 5.74) is 1.56. The molecule has 0 aliphatic rings. The zero-order chi connectivity index (χ0) is 19.1. The van der Waals surface area contributed by atoms with E-state index in [9.17, 15) is 9.59 Å². The first-order valence-corrected chi connectivity index (χ1v) is 8.99. The van der Waals surface area contributed by atoms with Crippen LogP contribution in [0.4, 0.5) is 5.69 Å². The molecule has 0 fully saturated rings. The number of amides is 2. The van der Waals surface area contributed by atoms with Crippen LogP contribution in [-0.4, -0.2) is 30.6 Å². The molecule has 0 saturated carbocycles. The Morgan fingerprint density at radius 1 is 1.12 bits per heavy atom. The Hall–Kier alpha value is -2.45. The van der Waals surface area contributed by atoms with Crippen molar-refractivity contribution in [2.24, 2.45) is 0 Å². The summed E-state index contributed by atoms with van der Waals surface area (Å²) in [5, 5.41) is 8.38. The fourth-order valence-corrected chi connectivity index (χ4v) is 2.73. The van der Waals surface area contributed by atoms with E-state index in [2.05, 4.69) is 31.9 Å². The normalized spacial score (nSPS) is 9.96. The zero-order valence-electron chi connectivity index (χ0n) is 14.3. The van der Waals surface area contributed by atoms with E-state index in [4.69, 9.17) is 17.0 Å². The summed E-state index contributed by atoms with van der Waals surface area (Å²) in [4.78, 5) is 24.1. The molecule has 0 bridgehead atoms. The van der Waals surface area contributed by atoms with Gasteiger partial charge in [0.2, 0.25) is 0 Å². The number of benzene rings is 2. The molecule has 0 radical (unpaired) electrons. The quantitative estimate of drug-likeness (QED) is 0.627. The first-order valence-electron chi connectivity index (χ1n) is 7.78. The van der Waals surface area contributed by atoms with Crippen LogP contribution in [0.5, 0.6) is 5.75 Å². The molecule has 0 aromatic heterocycles. The molecule has 0 aliphatic heterocycles. The molecular weight excluding hydrogens is 418 g/mol. The number of hydrogen-bond acceptors (Lipinski definition) is 4. The van der Waals surface area contributed by atoms with Crippen molar-refractivity contribution < 1.29 is 14.3 Å². The maximum absolute atomic E-state index is 12.4. The van der Waals surface area contributed by atoms with E-state index in [-0.39, 0.29) is 16.9 Å². The molecule has 0 heterocycles. The van der Waals surface area contributed by atoms with Gasteiger partial charge in [-0.1, -0.05) is 15.9 Å². The highest BCUT2D eigenvalue weighted by Gasteiger charge is 2.14. The van der Waals surface area contributed by atoms with Crippen LogP contribution in [0.25, 0.3) is 0 Å². The third kappa shape index (κ3) is 5.27. The summed E-state index contributed by atoms with van der Waals surface area (Å²) >= 11 is 8.50. The van der Waals surface area contributed by atoms with E-state index >= 15 is 0 Å². The number of rotatable bonds is 5. The van der Waals surface area contributed by atoms with Crippen molar-refractivity contribution in [3.63, 3.8) is 0 Å². The van der Waals surface area contributed by atoms with Crippen molar-refractivity contribution in [3.8, 4) is 5.75 Å². The largest absolute Gasteiger partial charge is 0.496 e. The number of nitrogens with one attached hydrogen (secondary N) is 3. The second-order valence-electron chi connectivity index (χ2n) is 5.19. The summed E-state index contributed by atoms with van der Waals surface area (Å²) < 4.78 is 5.95. The molecule has 0 spiro atoms. The summed E-state index contributed by atoms with van der Waals surface area (Å²) in [6, 6.07) is 11.9. The van der Waals surface area contributed by atoms with E-state index in [1.807, 2.05) is 6.92 Å². The number of carbonyl (C=O) groups excluding carboxylic acids is 2. The molecule has 2 amide bonds. The predicted molar refractivity (Wildman–Crippen MR) is 109 cm³/mol. The van der Waals surface area contributed by atoms with Gasteiger partial charge in [-0.15, -0.1) is 0 Å². The second kappa shape index (κ2) is 9.30. The minimum atomic E-state index is -0.389. The number of hydrogen-bond donors (Lipinski definition) is 3. The lowest BCUT2D eigenvalue weighted by atomic mass is 10.2. The van der Waals surface area contributed by atoms with Crippen LogP contribution in [0, 0.1) is 0 Å². The van der Waals surface area contributed by atoms with Gasteiger partial charge in [-0.05, 0) is 61.6 Å². The number of ether oxygens (including phenoxy) is 1. The summed E-state index contributed by atoms with van der Waals surface area (Å²) in [6.07, 6.45) is 0. The van der Waals surface area contributed by atoms with Crippen LogP contribution in [0.15, 0.2) is 46.9 Å². The highest BCUT2D eigenvalue weighted by atomic mass is 79.9. The van der Waals surface area contributed by atoms with Gasteiger partial charge in [0.25, 0.3) is 11.8 Å². The minimum absolute atomic E-state index is 0.141. The molecule has 26 heavy (non-hydrogen) atoms. The van der Waals surface area contributed by atoms with Crippen LogP contribution >= 0.6 is 28.1 Å². The van der Waals surface area contributed by atoms with Crippen molar-refractivity contribution in [2.45, 2.75) is 6.92 Å². The van der Waals surface area contributed by atoms with Crippen LogP contribution in [0.3, 0.4) is 0 Å². The average molecular weight is 436 g/mol. The summed E-state index contributed by atoms with van der Waals surface area (Å²) in [5.74, 6) is -0.0870. The third-order valence-corrected chi connectivity index (χ3v) is 4.07. The first kappa shape index (κ1) is 19.9. The van der Waals surface area contributed by atoms with Gasteiger partial charge in [0.1, 0.15) is 5.75 Å². The minimum Gasteiger partial charge on any atom is -0.496 e. The van der Waals surface area contributed by atoms with Gasteiger partial charge in [0, 0.05) is 22.3 Å². The molecule has 8 heteroatoms. The fourth-order valence-electron chi connectivity index (χ4n) is 2.16. The van der Waals surface area contributed by atoms with Crippen molar-refractivity contribution in [1.29, 1.82) is 0 Å². The van der Waals surface area contributed by atoms with Crippen LogP contribution in [-0.2, 0) is 0 Å². The Kier molecular flexibility index (Phi) is 7.11. The lowest BCUT2D eigenvalue weighted by Crippen LogP contribution is -2.34. The van der Waals surface area contributed by atoms with E-state index < -0.39 is 0 Å². The van der Waals surface area contributed by atoms with Crippen molar-refractivity contribution in [2.75, 3.05) is 19.0 Å². The maximum Gasteiger partial charge on any atom is 0.261 e. The standard InChI is InChI=1S/C18H18BrN3O3S/c1-3-20-16(23)11-4-7-13(8-5-11)21-18(26)22-17(24)14-10-12(19)6-9-15(14)25-2/h4-10H,3H2,1-2H3,(H,20,23)(H2,21,22,24,26). The van der Waals surface area contributed by atoms with E-state index in [1.54, 1.807) is 42.5 Å². The van der Waals surface area contributed by atoms with Crippen molar-refractivity contribution in [1.82, 2.24) is 10.6 Å². The highest BCUT2D eigenvalue weighted by molar-refractivity contribution is 9.10. The Labute approximate surface area is 165 Å².